The number of esters is 1. The molecule has 0 unspecified atom stereocenters. The lowest BCUT2D eigenvalue weighted by Gasteiger charge is -2.33. The summed E-state index contributed by atoms with van der Waals surface area (Å²) in [5.74, 6) is -1.64. The van der Waals surface area contributed by atoms with E-state index >= 15 is 0 Å². The molecule has 1 heterocycles. The number of ether oxygens (including phenoxy) is 2. The summed E-state index contributed by atoms with van der Waals surface area (Å²) in [6, 6.07) is 8.62. The van der Waals surface area contributed by atoms with Crippen molar-refractivity contribution in [3.63, 3.8) is 0 Å². The molecule has 36 heavy (non-hydrogen) atoms. The zero-order chi connectivity index (χ0) is 25.9. The van der Waals surface area contributed by atoms with Crippen LogP contribution in [0.4, 0.5) is 0 Å². The van der Waals surface area contributed by atoms with Crippen molar-refractivity contribution in [3.8, 4) is 5.75 Å². The van der Waals surface area contributed by atoms with E-state index in [9.17, 15) is 19.2 Å². The van der Waals surface area contributed by atoms with Crippen LogP contribution in [0.3, 0.4) is 0 Å². The summed E-state index contributed by atoms with van der Waals surface area (Å²) in [4.78, 5) is 52.9. The molecular weight excluding hydrogens is 466 g/mol. The van der Waals surface area contributed by atoms with Gasteiger partial charge in [-0.3, -0.25) is 19.2 Å². The molecule has 2 aromatic rings. The van der Waals surface area contributed by atoms with E-state index in [1.165, 1.54) is 19.4 Å². The molecule has 194 valence electrons. The summed E-state index contributed by atoms with van der Waals surface area (Å²) in [7, 11) is 1.53. The minimum Gasteiger partial charge on any atom is -0.497 e. The van der Waals surface area contributed by atoms with Gasteiger partial charge in [0.2, 0.25) is 11.8 Å². The van der Waals surface area contributed by atoms with Gasteiger partial charge in [0, 0.05) is 6.04 Å². The first-order chi connectivity index (χ1) is 17.4. The van der Waals surface area contributed by atoms with Gasteiger partial charge in [-0.05, 0) is 49.6 Å². The van der Waals surface area contributed by atoms with Crippen molar-refractivity contribution < 1.29 is 33.1 Å². The summed E-state index contributed by atoms with van der Waals surface area (Å²) in [6.45, 7) is 0.877. The maximum absolute atomic E-state index is 13.6. The molecule has 10 heteroatoms. The van der Waals surface area contributed by atoms with E-state index in [4.69, 9.17) is 13.9 Å². The molecule has 1 aliphatic carbocycles. The highest BCUT2D eigenvalue weighted by atomic mass is 16.5. The Bertz CT molecular complexity index is 1010. The first-order valence-corrected chi connectivity index (χ1v) is 12.1. The van der Waals surface area contributed by atoms with Crippen molar-refractivity contribution in [2.75, 3.05) is 26.8 Å². The topological polar surface area (TPSA) is 127 Å². The molecular formula is C26H33N3O7. The standard InChI is InChI=1S/C26H33N3O7/c1-3-35-23(31)17-29(22(30)16-27-25(32)21-10-7-15-36-21)24(18-11-13-20(34-2)14-12-18)26(33)28-19-8-5-4-6-9-19/h7,10-15,19,24H,3-6,8-9,16-17H2,1-2H3,(H,27,32)(H,28,33)/t24-/m0/s1. The van der Waals surface area contributed by atoms with Crippen LogP contribution < -0.4 is 15.4 Å². The molecule has 0 aliphatic heterocycles. The number of hydrogen-bond donors (Lipinski definition) is 2. The highest BCUT2D eigenvalue weighted by Gasteiger charge is 2.34. The van der Waals surface area contributed by atoms with E-state index in [1.807, 2.05) is 0 Å². The highest BCUT2D eigenvalue weighted by Crippen LogP contribution is 2.26. The lowest BCUT2D eigenvalue weighted by molar-refractivity contribution is -0.152. The second kappa shape index (κ2) is 13.3. The van der Waals surface area contributed by atoms with Crippen LogP contribution in [0.1, 0.15) is 61.2 Å². The van der Waals surface area contributed by atoms with Crippen LogP contribution in [-0.4, -0.2) is 61.4 Å². The van der Waals surface area contributed by atoms with E-state index in [-0.39, 0.29) is 18.4 Å². The van der Waals surface area contributed by atoms with E-state index in [0.29, 0.717) is 11.3 Å². The predicted octanol–water partition coefficient (Wildman–Crippen LogP) is 2.60. The van der Waals surface area contributed by atoms with Gasteiger partial charge in [-0.15, -0.1) is 0 Å². The first kappa shape index (κ1) is 26.8. The van der Waals surface area contributed by atoms with Gasteiger partial charge in [0.05, 0.1) is 26.5 Å². The summed E-state index contributed by atoms with van der Waals surface area (Å²) in [5.41, 5.74) is 0.499. The second-order valence-electron chi connectivity index (χ2n) is 8.51. The van der Waals surface area contributed by atoms with Crippen LogP contribution in [0.25, 0.3) is 0 Å². The maximum atomic E-state index is 13.6. The Labute approximate surface area is 210 Å². The molecule has 0 bridgehead atoms. The number of methoxy groups -OCH3 is 1. The zero-order valence-electron chi connectivity index (χ0n) is 20.7. The summed E-state index contributed by atoms with van der Waals surface area (Å²) in [6.07, 6.45) is 6.21. The van der Waals surface area contributed by atoms with E-state index in [2.05, 4.69) is 10.6 Å². The molecule has 0 saturated heterocycles. The smallest absolute Gasteiger partial charge is 0.325 e. The van der Waals surface area contributed by atoms with Gasteiger partial charge in [-0.2, -0.15) is 0 Å². The first-order valence-electron chi connectivity index (χ1n) is 12.1. The average Bonchev–Trinajstić information content (AvgIpc) is 3.43. The van der Waals surface area contributed by atoms with Gasteiger partial charge < -0.3 is 29.4 Å². The van der Waals surface area contributed by atoms with Crippen molar-refractivity contribution >= 4 is 23.7 Å². The number of furan rings is 1. The SMILES string of the molecule is CCOC(=O)CN(C(=O)CNC(=O)c1ccco1)[C@H](C(=O)NC1CCCCC1)c1ccc(OC)cc1. The van der Waals surface area contributed by atoms with E-state index in [0.717, 1.165) is 37.0 Å². The third-order valence-electron chi connectivity index (χ3n) is 6.01. The number of nitrogens with zero attached hydrogens (tertiary/aromatic N) is 1. The number of amides is 3. The van der Waals surface area contributed by atoms with Gasteiger partial charge >= 0.3 is 5.97 Å². The third-order valence-corrected chi connectivity index (χ3v) is 6.01. The average molecular weight is 500 g/mol. The Morgan fingerprint density at radius 1 is 1.08 bits per heavy atom. The third kappa shape index (κ3) is 7.34. The van der Waals surface area contributed by atoms with Crippen molar-refractivity contribution in [1.29, 1.82) is 0 Å². The second-order valence-corrected chi connectivity index (χ2v) is 8.51. The minimum atomic E-state index is -1.12. The fourth-order valence-corrected chi connectivity index (χ4v) is 4.21. The normalized spacial score (nSPS) is 14.4. The van der Waals surface area contributed by atoms with Crippen molar-refractivity contribution in [3.05, 3.63) is 54.0 Å². The molecule has 2 N–H and O–H groups in total. The molecule has 0 spiro atoms. The van der Waals surface area contributed by atoms with Gasteiger partial charge in [0.15, 0.2) is 5.76 Å². The summed E-state index contributed by atoms with van der Waals surface area (Å²) < 4.78 is 15.4. The lowest BCUT2D eigenvalue weighted by Crippen LogP contribution is -2.51. The molecule has 3 amide bonds. The van der Waals surface area contributed by atoms with Crippen LogP contribution in [0.15, 0.2) is 47.1 Å². The van der Waals surface area contributed by atoms with Gasteiger partial charge in [0.1, 0.15) is 18.3 Å². The van der Waals surface area contributed by atoms with Crippen molar-refractivity contribution in [2.24, 2.45) is 0 Å². The number of carbonyl (C=O) groups excluding carboxylic acids is 4. The molecule has 1 aromatic carbocycles. The number of benzene rings is 1. The Morgan fingerprint density at radius 2 is 1.81 bits per heavy atom. The fourth-order valence-electron chi connectivity index (χ4n) is 4.21. The van der Waals surface area contributed by atoms with Crippen LogP contribution in [0.2, 0.25) is 0 Å². The molecule has 3 rings (SSSR count). The molecule has 0 radical (unpaired) electrons. The number of rotatable bonds is 11. The largest absolute Gasteiger partial charge is 0.497 e. The summed E-state index contributed by atoms with van der Waals surface area (Å²) >= 11 is 0. The minimum absolute atomic E-state index is 0.00907. The van der Waals surface area contributed by atoms with Crippen molar-refractivity contribution in [2.45, 2.75) is 51.1 Å². The molecule has 1 aromatic heterocycles. The molecule has 10 nitrogen and oxygen atoms in total. The van der Waals surface area contributed by atoms with E-state index in [1.54, 1.807) is 37.3 Å². The number of hydrogen-bond acceptors (Lipinski definition) is 7. The van der Waals surface area contributed by atoms with Crippen molar-refractivity contribution in [1.82, 2.24) is 15.5 Å². The highest BCUT2D eigenvalue weighted by molar-refractivity contribution is 5.96. The molecule has 1 aliphatic rings. The Balaban J connectivity index is 1.88. The summed E-state index contributed by atoms with van der Waals surface area (Å²) in [5, 5.41) is 5.54. The van der Waals surface area contributed by atoms with Crippen LogP contribution in [0, 0.1) is 0 Å². The lowest BCUT2D eigenvalue weighted by atomic mass is 9.94. The molecule has 1 atom stereocenters. The predicted molar refractivity (Wildman–Crippen MR) is 130 cm³/mol. The van der Waals surface area contributed by atoms with Gasteiger partial charge in [-0.1, -0.05) is 31.4 Å². The van der Waals surface area contributed by atoms with E-state index < -0.39 is 42.8 Å². The Hall–Kier alpha value is -3.82. The monoisotopic (exact) mass is 499 g/mol. The Kier molecular flexibility index (Phi) is 9.91. The molecule has 1 saturated carbocycles. The Morgan fingerprint density at radius 3 is 2.42 bits per heavy atom. The zero-order valence-corrected chi connectivity index (χ0v) is 20.7. The maximum Gasteiger partial charge on any atom is 0.325 e. The number of nitrogens with one attached hydrogen (secondary N) is 2. The van der Waals surface area contributed by atoms with Crippen LogP contribution in [-0.2, 0) is 19.1 Å². The van der Waals surface area contributed by atoms with Gasteiger partial charge in [0.25, 0.3) is 5.91 Å². The number of carbonyl (C=O) groups is 4. The quantitative estimate of drug-likeness (QED) is 0.455. The van der Waals surface area contributed by atoms with Crippen LogP contribution >= 0.6 is 0 Å². The van der Waals surface area contributed by atoms with Gasteiger partial charge in [-0.25, -0.2) is 0 Å². The van der Waals surface area contributed by atoms with Crippen LogP contribution in [0.5, 0.6) is 5.75 Å². The fraction of sp³-hybridized carbons (Fsp3) is 0.462. The molecule has 1 fully saturated rings.